The summed E-state index contributed by atoms with van der Waals surface area (Å²) in [5, 5.41) is 0. The minimum absolute atomic E-state index is 0.0903. The summed E-state index contributed by atoms with van der Waals surface area (Å²) in [5.74, 6) is 3.35. The number of ether oxygens (including phenoxy) is 2. The molecule has 0 aromatic heterocycles. The number of benzene rings is 1. The number of rotatable bonds is 2. The first-order chi connectivity index (χ1) is 9.58. The van der Waals surface area contributed by atoms with E-state index < -0.39 is 0 Å². The van der Waals surface area contributed by atoms with Gasteiger partial charge in [-0.2, -0.15) is 11.8 Å². The molecule has 4 heteroatoms. The predicted octanol–water partition coefficient (Wildman–Crippen LogP) is 4.50. The van der Waals surface area contributed by atoms with Gasteiger partial charge in [0.05, 0.1) is 12.2 Å². The van der Waals surface area contributed by atoms with Gasteiger partial charge in [-0.15, -0.1) is 0 Å². The van der Waals surface area contributed by atoms with Crippen molar-refractivity contribution in [2.45, 2.75) is 44.8 Å². The maximum Gasteiger partial charge on any atom is 0.120 e. The average molecular weight is 357 g/mol. The Morgan fingerprint density at radius 3 is 2.75 bits per heavy atom. The van der Waals surface area contributed by atoms with Crippen molar-refractivity contribution in [2.75, 3.05) is 18.1 Å². The van der Waals surface area contributed by atoms with Gasteiger partial charge in [0.2, 0.25) is 0 Å². The number of hydrogen-bond acceptors (Lipinski definition) is 3. The Labute approximate surface area is 133 Å². The molecule has 2 atom stereocenters. The fraction of sp³-hybridized carbons (Fsp3) is 0.625. The Morgan fingerprint density at radius 1 is 1.35 bits per heavy atom. The third kappa shape index (κ3) is 3.02. The normalized spacial score (nSPS) is 29.9. The summed E-state index contributed by atoms with van der Waals surface area (Å²) in [6.07, 6.45) is 3.51. The highest BCUT2D eigenvalue weighted by atomic mass is 79.9. The first kappa shape index (κ1) is 14.7. The molecule has 0 amide bonds. The smallest absolute Gasteiger partial charge is 0.120 e. The van der Waals surface area contributed by atoms with E-state index in [0.717, 1.165) is 31.0 Å². The van der Waals surface area contributed by atoms with E-state index in [1.54, 1.807) is 0 Å². The molecule has 2 aliphatic rings. The summed E-state index contributed by atoms with van der Waals surface area (Å²) >= 11 is 5.62. The lowest BCUT2D eigenvalue weighted by atomic mass is 9.91. The molecule has 2 aliphatic heterocycles. The van der Waals surface area contributed by atoms with Crippen LogP contribution in [0.4, 0.5) is 0 Å². The Morgan fingerprint density at radius 2 is 2.10 bits per heavy atom. The molecule has 2 saturated heterocycles. The van der Waals surface area contributed by atoms with Crippen molar-refractivity contribution in [1.82, 2.24) is 0 Å². The van der Waals surface area contributed by atoms with Gasteiger partial charge < -0.3 is 9.47 Å². The fourth-order valence-electron chi connectivity index (χ4n) is 3.11. The van der Waals surface area contributed by atoms with Crippen molar-refractivity contribution < 1.29 is 9.47 Å². The third-order valence-corrected chi connectivity index (χ3v) is 6.70. The molecule has 110 valence electrons. The number of halogens is 1. The van der Waals surface area contributed by atoms with Crippen molar-refractivity contribution in [3.05, 3.63) is 27.7 Å². The molecular weight excluding hydrogens is 336 g/mol. The molecule has 1 aromatic rings. The fourth-order valence-corrected chi connectivity index (χ4v) is 4.72. The van der Waals surface area contributed by atoms with E-state index in [1.807, 2.05) is 11.8 Å². The van der Waals surface area contributed by atoms with Crippen LogP contribution in [0.3, 0.4) is 0 Å². The molecule has 0 aliphatic carbocycles. The van der Waals surface area contributed by atoms with Crippen LogP contribution in [0.5, 0.6) is 5.75 Å². The molecular formula is C16H21BrO2S. The van der Waals surface area contributed by atoms with Crippen molar-refractivity contribution in [2.24, 2.45) is 0 Å². The van der Waals surface area contributed by atoms with Crippen LogP contribution in [0.1, 0.15) is 30.4 Å². The van der Waals surface area contributed by atoms with Gasteiger partial charge in [-0.1, -0.05) is 15.9 Å². The Hall–Kier alpha value is -0.190. The largest absolute Gasteiger partial charge is 0.490 e. The molecule has 0 bridgehead atoms. The lowest BCUT2D eigenvalue weighted by molar-refractivity contribution is -0.0959. The van der Waals surface area contributed by atoms with E-state index in [1.165, 1.54) is 27.8 Å². The van der Waals surface area contributed by atoms with Crippen LogP contribution < -0.4 is 4.74 Å². The average Bonchev–Trinajstić information content (AvgIpc) is 2.84. The first-order valence-electron chi connectivity index (χ1n) is 7.23. The van der Waals surface area contributed by atoms with Crippen LogP contribution in [0.2, 0.25) is 0 Å². The minimum Gasteiger partial charge on any atom is -0.490 e. The lowest BCUT2D eigenvalue weighted by Crippen LogP contribution is -2.43. The molecule has 1 aromatic carbocycles. The van der Waals surface area contributed by atoms with Crippen molar-refractivity contribution in [3.8, 4) is 5.75 Å². The van der Waals surface area contributed by atoms with Gasteiger partial charge >= 0.3 is 0 Å². The molecule has 3 rings (SSSR count). The summed E-state index contributed by atoms with van der Waals surface area (Å²) in [6.45, 7) is 5.06. The molecule has 0 saturated carbocycles. The van der Waals surface area contributed by atoms with E-state index in [2.05, 4.69) is 41.9 Å². The van der Waals surface area contributed by atoms with Crippen molar-refractivity contribution in [3.63, 3.8) is 0 Å². The van der Waals surface area contributed by atoms with Gasteiger partial charge in [0.1, 0.15) is 11.9 Å². The number of thioether (sulfide) groups is 1. The highest BCUT2D eigenvalue weighted by Crippen LogP contribution is 2.39. The molecule has 0 N–H and O–H groups in total. The zero-order valence-corrected chi connectivity index (χ0v) is 14.5. The van der Waals surface area contributed by atoms with Gasteiger partial charge in [0.25, 0.3) is 0 Å². The second-order valence-corrected chi connectivity index (χ2v) is 7.84. The third-order valence-electron chi connectivity index (χ3n) is 4.23. The van der Waals surface area contributed by atoms with Crippen LogP contribution in [0.25, 0.3) is 0 Å². The number of aryl methyl sites for hydroxylation is 2. The monoisotopic (exact) mass is 356 g/mol. The van der Waals surface area contributed by atoms with Crippen molar-refractivity contribution in [1.29, 1.82) is 0 Å². The van der Waals surface area contributed by atoms with Gasteiger partial charge in [0, 0.05) is 23.1 Å². The summed E-state index contributed by atoms with van der Waals surface area (Å²) in [7, 11) is 0. The SMILES string of the molecule is Cc1cc(OC2CCOC3(CCSC3)C2)cc(C)c1Br. The minimum atomic E-state index is 0.0903. The molecule has 2 unspecified atom stereocenters. The van der Waals surface area contributed by atoms with Crippen LogP contribution in [-0.4, -0.2) is 29.8 Å². The van der Waals surface area contributed by atoms with E-state index in [4.69, 9.17) is 9.47 Å². The van der Waals surface area contributed by atoms with Gasteiger partial charge in [0.15, 0.2) is 0 Å². The second kappa shape index (κ2) is 5.90. The van der Waals surface area contributed by atoms with Crippen molar-refractivity contribution >= 4 is 27.7 Å². The highest BCUT2D eigenvalue weighted by Gasteiger charge is 2.41. The maximum absolute atomic E-state index is 6.25. The predicted molar refractivity (Wildman–Crippen MR) is 87.9 cm³/mol. The highest BCUT2D eigenvalue weighted by molar-refractivity contribution is 9.10. The Bertz CT molecular complexity index is 474. The quantitative estimate of drug-likeness (QED) is 0.777. The molecule has 0 radical (unpaired) electrons. The summed E-state index contributed by atoms with van der Waals surface area (Å²) in [5.41, 5.74) is 2.56. The van der Waals surface area contributed by atoms with E-state index in [-0.39, 0.29) is 5.60 Å². The summed E-state index contributed by atoms with van der Waals surface area (Å²) in [4.78, 5) is 0. The summed E-state index contributed by atoms with van der Waals surface area (Å²) in [6, 6.07) is 4.26. The molecule has 2 fully saturated rings. The van der Waals surface area contributed by atoms with Crippen LogP contribution >= 0.6 is 27.7 Å². The Kier molecular flexibility index (Phi) is 4.34. The Balaban J connectivity index is 1.71. The van der Waals surface area contributed by atoms with Gasteiger partial charge in [-0.05, 0) is 49.3 Å². The van der Waals surface area contributed by atoms with E-state index in [9.17, 15) is 0 Å². The second-order valence-electron chi connectivity index (χ2n) is 5.94. The summed E-state index contributed by atoms with van der Waals surface area (Å²) < 4.78 is 13.5. The standard InChI is InChI=1S/C16H21BrO2S/c1-11-7-14(8-12(2)15(11)17)19-13-3-5-18-16(9-13)4-6-20-10-16/h7-8,13H,3-6,9-10H2,1-2H3. The van der Waals surface area contributed by atoms with E-state index in [0.29, 0.717) is 6.10 Å². The first-order valence-corrected chi connectivity index (χ1v) is 9.18. The zero-order valence-electron chi connectivity index (χ0n) is 12.1. The van der Waals surface area contributed by atoms with Crippen LogP contribution in [-0.2, 0) is 4.74 Å². The van der Waals surface area contributed by atoms with E-state index >= 15 is 0 Å². The number of hydrogen-bond donors (Lipinski definition) is 0. The van der Waals surface area contributed by atoms with Crippen LogP contribution in [0, 0.1) is 13.8 Å². The van der Waals surface area contributed by atoms with Gasteiger partial charge in [-0.25, -0.2) is 0 Å². The molecule has 20 heavy (non-hydrogen) atoms. The lowest BCUT2D eigenvalue weighted by Gasteiger charge is -2.37. The maximum atomic E-state index is 6.25. The van der Waals surface area contributed by atoms with Gasteiger partial charge in [-0.3, -0.25) is 0 Å². The molecule has 1 spiro atoms. The topological polar surface area (TPSA) is 18.5 Å². The molecule has 2 nitrogen and oxygen atoms in total. The van der Waals surface area contributed by atoms with Crippen LogP contribution in [0.15, 0.2) is 16.6 Å². The zero-order chi connectivity index (χ0) is 14.2. The molecule has 2 heterocycles.